The van der Waals surface area contributed by atoms with Crippen molar-refractivity contribution in [1.82, 2.24) is 15.4 Å². The van der Waals surface area contributed by atoms with Crippen molar-refractivity contribution in [3.05, 3.63) is 35.5 Å². The fourth-order valence-electron chi connectivity index (χ4n) is 1.59. The normalized spacial score (nSPS) is 13.4. The number of aromatic carboxylic acids is 1. The Labute approximate surface area is 114 Å². The minimum atomic E-state index is -1.17. The lowest BCUT2D eigenvalue weighted by atomic mass is 10.2. The molecule has 3 rings (SSSR count). The lowest BCUT2D eigenvalue weighted by Crippen LogP contribution is -1.99. The second kappa shape index (κ2) is 5.05. The summed E-state index contributed by atoms with van der Waals surface area (Å²) in [5.41, 5.74) is 0.647. The van der Waals surface area contributed by atoms with Gasteiger partial charge in [0.2, 0.25) is 5.69 Å². The molecule has 1 saturated carbocycles. The third kappa shape index (κ3) is 2.78. The van der Waals surface area contributed by atoms with Gasteiger partial charge in [-0.05, 0) is 31.0 Å². The highest BCUT2D eigenvalue weighted by atomic mass is 16.5. The van der Waals surface area contributed by atoms with E-state index >= 15 is 0 Å². The van der Waals surface area contributed by atoms with E-state index in [1.54, 1.807) is 18.2 Å². The van der Waals surface area contributed by atoms with E-state index in [9.17, 15) is 4.79 Å². The molecule has 0 saturated heterocycles. The Morgan fingerprint density at radius 3 is 3.05 bits per heavy atom. The predicted molar refractivity (Wildman–Crippen MR) is 69.5 cm³/mol. The van der Waals surface area contributed by atoms with Gasteiger partial charge in [0.25, 0.3) is 5.88 Å². The van der Waals surface area contributed by atoms with Crippen molar-refractivity contribution in [3.63, 3.8) is 0 Å². The standard InChI is InChI=1S/C14H11N3O3/c18-14(19)12-13(16-17-15-12)20-11-3-1-2-10(8-11)7-6-9-4-5-9/h1-3,8-9H,4-5H2,(H,18,19)(H,15,16,17). The van der Waals surface area contributed by atoms with E-state index in [0.29, 0.717) is 11.7 Å². The van der Waals surface area contributed by atoms with Gasteiger partial charge < -0.3 is 9.84 Å². The Morgan fingerprint density at radius 1 is 1.45 bits per heavy atom. The number of hydrogen-bond donors (Lipinski definition) is 2. The van der Waals surface area contributed by atoms with Crippen LogP contribution in [0.15, 0.2) is 24.3 Å². The molecule has 0 bridgehead atoms. The number of H-pyrrole nitrogens is 1. The zero-order valence-corrected chi connectivity index (χ0v) is 10.5. The minimum Gasteiger partial charge on any atom is -0.476 e. The quantitative estimate of drug-likeness (QED) is 0.832. The van der Waals surface area contributed by atoms with Crippen LogP contribution in [0.2, 0.25) is 0 Å². The molecule has 1 fully saturated rings. The first-order valence-corrected chi connectivity index (χ1v) is 6.16. The van der Waals surface area contributed by atoms with Crippen LogP contribution in [-0.2, 0) is 0 Å². The summed E-state index contributed by atoms with van der Waals surface area (Å²) in [5, 5.41) is 18.2. The molecule has 1 aromatic heterocycles. The first-order valence-electron chi connectivity index (χ1n) is 6.16. The molecule has 100 valence electrons. The Kier molecular flexibility index (Phi) is 3.09. The molecule has 0 spiro atoms. The number of carboxylic acid groups (broad SMARTS) is 1. The van der Waals surface area contributed by atoms with Gasteiger partial charge in [0.15, 0.2) is 0 Å². The highest BCUT2D eigenvalue weighted by Crippen LogP contribution is 2.28. The molecular weight excluding hydrogens is 258 g/mol. The molecule has 2 aromatic rings. The van der Waals surface area contributed by atoms with Crippen molar-refractivity contribution in [2.75, 3.05) is 0 Å². The van der Waals surface area contributed by atoms with Crippen LogP contribution in [0.4, 0.5) is 0 Å². The van der Waals surface area contributed by atoms with E-state index in [0.717, 1.165) is 5.56 Å². The number of nitrogens with one attached hydrogen (secondary N) is 1. The molecule has 0 unspecified atom stereocenters. The molecule has 0 aliphatic heterocycles. The maximum absolute atomic E-state index is 10.9. The average molecular weight is 269 g/mol. The van der Waals surface area contributed by atoms with Crippen LogP contribution in [0.5, 0.6) is 11.6 Å². The monoisotopic (exact) mass is 269 g/mol. The van der Waals surface area contributed by atoms with Crippen molar-refractivity contribution in [2.45, 2.75) is 12.8 Å². The zero-order chi connectivity index (χ0) is 13.9. The molecule has 6 heteroatoms. The highest BCUT2D eigenvalue weighted by molar-refractivity contribution is 5.87. The highest BCUT2D eigenvalue weighted by Gasteiger charge is 2.18. The van der Waals surface area contributed by atoms with Gasteiger partial charge in [-0.3, -0.25) is 0 Å². The molecular formula is C14H11N3O3. The lowest BCUT2D eigenvalue weighted by Gasteiger charge is -2.02. The number of benzene rings is 1. The minimum absolute atomic E-state index is 0.0650. The summed E-state index contributed by atoms with van der Waals surface area (Å²) >= 11 is 0. The van der Waals surface area contributed by atoms with E-state index in [1.807, 2.05) is 6.07 Å². The molecule has 2 N–H and O–H groups in total. The average Bonchev–Trinajstić information content (AvgIpc) is 3.15. The van der Waals surface area contributed by atoms with Crippen molar-refractivity contribution in [1.29, 1.82) is 0 Å². The van der Waals surface area contributed by atoms with Gasteiger partial charge in [-0.2, -0.15) is 0 Å². The first kappa shape index (κ1) is 12.2. The zero-order valence-electron chi connectivity index (χ0n) is 10.5. The number of nitrogens with zero attached hydrogens (tertiary/aromatic N) is 2. The van der Waals surface area contributed by atoms with E-state index in [4.69, 9.17) is 9.84 Å². The smallest absolute Gasteiger partial charge is 0.359 e. The summed E-state index contributed by atoms with van der Waals surface area (Å²) in [4.78, 5) is 10.9. The van der Waals surface area contributed by atoms with Crippen LogP contribution < -0.4 is 4.74 Å². The van der Waals surface area contributed by atoms with Gasteiger partial charge >= 0.3 is 5.97 Å². The molecule has 1 aliphatic carbocycles. The number of rotatable bonds is 3. The summed E-state index contributed by atoms with van der Waals surface area (Å²) in [6.07, 6.45) is 2.34. The molecule has 6 nitrogen and oxygen atoms in total. The summed E-state index contributed by atoms with van der Waals surface area (Å²) in [7, 11) is 0. The van der Waals surface area contributed by atoms with Gasteiger partial charge in [0.05, 0.1) is 0 Å². The number of carbonyl (C=O) groups is 1. The number of aromatic amines is 1. The fraction of sp³-hybridized carbons (Fsp3) is 0.214. The lowest BCUT2D eigenvalue weighted by molar-refractivity contribution is 0.0687. The first-order chi connectivity index (χ1) is 9.72. The van der Waals surface area contributed by atoms with Crippen LogP contribution in [-0.4, -0.2) is 26.5 Å². The topological polar surface area (TPSA) is 88.1 Å². The molecule has 0 radical (unpaired) electrons. The number of carboxylic acids is 1. The number of hydrogen-bond acceptors (Lipinski definition) is 4. The third-order valence-corrected chi connectivity index (χ3v) is 2.78. The van der Waals surface area contributed by atoms with Gasteiger partial charge in [0, 0.05) is 11.5 Å². The van der Waals surface area contributed by atoms with Crippen LogP contribution >= 0.6 is 0 Å². The van der Waals surface area contributed by atoms with Crippen molar-refractivity contribution in [2.24, 2.45) is 5.92 Å². The summed E-state index contributed by atoms with van der Waals surface area (Å²) in [6, 6.07) is 7.13. The fourth-order valence-corrected chi connectivity index (χ4v) is 1.59. The van der Waals surface area contributed by atoms with E-state index < -0.39 is 5.97 Å². The van der Waals surface area contributed by atoms with Crippen molar-refractivity contribution < 1.29 is 14.6 Å². The second-order valence-corrected chi connectivity index (χ2v) is 4.47. The van der Waals surface area contributed by atoms with Crippen LogP contribution in [0.1, 0.15) is 28.9 Å². The Morgan fingerprint density at radius 2 is 2.30 bits per heavy atom. The molecule has 1 aromatic carbocycles. The summed E-state index contributed by atoms with van der Waals surface area (Å²) in [5.74, 6) is 5.99. The van der Waals surface area contributed by atoms with Crippen LogP contribution in [0, 0.1) is 17.8 Å². The maximum Gasteiger partial charge on any atom is 0.359 e. The maximum atomic E-state index is 10.9. The van der Waals surface area contributed by atoms with Crippen LogP contribution in [0.25, 0.3) is 0 Å². The predicted octanol–water partition coefficient (Wildman–Crippen LogP) is 2.06. The number of ether oxygens (including phenoxy) is 1. The van der Waals surface area contributed by atoms with Crippen molar-refractivity contribution in [3.8, 4) is 23.5 Å². The number of aromatic nitrogens is 3. The Hall–Kier alpha value is -2.81. The largest absolute Gasteiger partial charge is 0.476 e. The van der Waals surface area contributed by atoms with Gasteiger partial charge in [-0.25, -0.2) is 9.89 Å². The van der Waals surface area contributed by atoms with Gasteiger partial charge in [-0.15, -0.1) is 0 Å². The summed E-state index contributed by atoms with van der Waals surface area (Å²) < 4.78 is 5.42. The molecule has 0 atom stereocenters. The van der Waals surface area contributed by atoms with E-state index in [-0.39, 0.29) is 11.6 Å². The van der Waals surface area contributed by atoms with Gasteiger partial charge in [0.1, 0.15) is 5.75 Å². The third-order valence-electron chi connectivity index (χ3n) is 2.78. The SMILES string of the molecule is O=C(O)c1[nH]nnc1Oc1cccc(C#CC2CC2)c1. The molecule has 20 heavy (non-hydrogen) atoms. The van der Waals surface area contributed by atoms with E-state index in [1.165, 1.54) is 12.8 Å². The van der Waals surface area contributed by atoms with Gasteiger partial charge in [-0.1, -0.05) is 28.2 Å². The molecule has 1 aliphatic rings. The molecule has 0 amide bonds. The summed E-state index contributed by atoms with van der Waals surface area (Å²) in [6.45, 7) is 0. The van der Waals surface area contributed by atoms with Crippen molar-refractivity contribution >= 4 is 5.97 Å². The second-order valence-electron chi connectivity index (χ2n) is 4.47. The van der Waals surface area contributed by atoms with Crippen LogP contribution in [0.3, 0.4) is 0 Å². The molecule has 1 heterocycles. The Balaban J connectivity index is 1.80. The Bertz CT molecular complexity index is 708. The van der Waals surface area contributed by atoms with E-state index in [2.05, 4.69) is 27.3 Å².